The van der Waals surface area contributed by atoms with Crippen LogP contribution in [0.4, 0.5) is 4.39 Å². The second-order valence-electron chi connectivity index (χ2n) is 9.29. The summed E-state index contributed by atoms with van der Waals surface area (Å²) in [6.07, 6.45) is 0.338. The highest BCUT2D eigenvalue weighted by Crippen LogP contribution is 2.38. The van der Waals surface area contributed by atoms with Crippen molar-refractivity contribution >= 4 is 5.91 Å². The van der Waals surface area contributed by atoms with Gasteiger partial charge in [0.15, 0.2) is 0 Å². The fraction of sp³-hybridized carbons (Fsp3) is 0.423. The lowest BCUT2D eigenvalue weighted by Crippen LogP contribution is -2.55. The van der Waals surface area contributed by atoms with Gasteiger partial charge >= 0.3 is 0 Å². The summed E-state index contributed by atoms with van der Waals surface area (Å²) in [5.41, 5.74) is 1.22. The number of likely N-dealkylation sites (tertiary alicyclic amines) is 1. The highest BCUT2D eigenvalue weighted by molar-refractivity contribution is 5.77. The van der Waals surface area contributed by atoms with Crippen LogP contribution in [0.5, 0.6) is 0 Å². The molecule has 168 valence electrons. The molecule has 2 N–H and O–H groups in total. The molecule has 1 amide bonds. The molecule has 1 spiro atoms. The van der Waals surface area contributed by atoms with Crippen LogP contribution in [-0.4, -0.2) is 53.4 Å². The van der Waals surface area contributed by atoms with Crippen LogP contribution in [0.3, 0.4) is 0 Å². The Hall–Kier alpha value is -2.72. The Bertz CT molecular complexity index is 1040. The zero-order valence-corrected chi connectivity index (χ0v) is 18.5. The number of benzene rings is 2. The summed E-state index contributed by atoms with van der Waals surface area (Å²) in [5.74, 6) is 5.43. The second-order valence-corrected chi connectivity index (χ2v) is 9.29. The van der Waals surface area contributed by atoms with Crippen molar-refractivity contribution in [2.75, 3.05) is 26.3 Å². The van der Waals surface area contributed by atoms with Crippen molar-refractivity contribution in [2.45, 2.75) is 43.9 Å². The van der Waals surface area contributed by atoms with Crippen molar-refractivity contribution in [3.05, 3.63) is 71.0 Å². The Morgan fingerprint density at radius 1 is 1.28 bits per heavy atom. The fourth-order valence-corrected chi connectivity index (χ4v) is 4.52. The van der Waals surface area contributed by atoms with Crippen LogP contribution in [0, 0.1) is 17.7 Å². The third-order valence-electron chi connectivity index (χ3n) is 5.96. The number of hydrogen-bond acceptors (Lipinski definition) is 4. The van der Waals surface area contributed by atoms with E-state index in [1.54, 1.807) is 26.0 Å². The number of hydrogen-bond donors (Lipinski definition) is 2. The lowest BCUT2D eigenvalue weighted by molar-refractivity contribution is -0.122. The maximum absolute atomic E-state index is 14.0. The molecule has 0 aromatic heterocycles. The summed E-state index contributed by atoms with van der Waals surface area (Å²) >= 11 is 0. The lowest BCUT2D eigenvalue weighted by atomic mass is 9.82. The van der Waals surface area contributed by atoms with E-state index in [0.717, 1.165) is 16.7 Å². The van der Waals surface area contributed by atoms with E-state index in [0.29, 0.717) is 39.3 Å². The zero-order valence-electron chi connectivity index (χ0n) is 18.5. The van der Waals surface area contributed by atoms with Gasteiger partial charge in [-0.05, 0) is 49.2 Å². The van der Waals surface area contributed by atoms with Gasteiger partial charge in [-0.15, -0.1) is 0 Å². The molecule has 2 aromatic carbocycles. The van der Waals surface area contributed by atoms with Crippen molar-refractivity contribution in [3.63, 3.8) is 0 Å². The largest absolute Gasteiger partial charge is 0.378 e. The Kier molecular flexibility index (Phi) is 6.34. The summed E-state index contributed by atoms with van der Waals surface area (Å²) in [7, 11) is 0. The average molecular weight is 437 g/mol. The first-order chi connectivity index (χ1) is 15.2. The zero-order chi connectivity index (χ0) is 22.8. The summed E-state index contributed by atoms with van der Waals surface area (Å²) in [5, 5.41) is 13.0. The molecule has 2 atom stereocenters. The molecule has 4 rings (SSSR count). The Morgan fingerprint density at radius 3 is 2.78 bits per heavy atom. The van der Waals surface area contributed by atoms with Crippen LogP contribution in [0.15, 0.2) is 48.5 Å². The summed E-state index contributed by atoms with van der Waals surface area (Å²) in [6, 6.07) is 14.6. The van der Waals surface area contributed by atoms with Gasteiger partial charge < -0.3 is 15.2 Å². The number of carbonyl (C=O) groups is 1. The quantitative estimate of drug-likeness (QED) is 0.727. The first-order valence-corrected chi connectivity index (χ1v) is 10.9. The Balaban J connectivity index is 1.55. The molecular weight excluding hydrogens is 407 g/mol. The topological polar surface area (TPSA) is 61.8 Å². The van der Waals surface area contributed by atoms with E-state index in [1.165, 1.54) is 6.07 Å². The fourth-order valence-electron chi connectivity index (χ4n) is 4.52. The molecule has 5 nitrogen and oxygen atoms in total. The highest BCUT2D eigenvalue weighted by Gasteiger charge is 2.49. The molecule has 0 aliphatic carbocycles. The van der Waals surface area contributed by atoms with E-state index in [9.17, 15) is 14.3 Å². The maximum atomic E-state index is 14.0. The number of aliphatic hydroxyl groups is 1. The molecule has 0 bridgehead atoms. The van der Waals surface area contributed by atoms with Crippen LogP contribution >= 0.6 is 0 Å². The molecule has 2 saturated heterocycles. The number of halogens is 1. The normalized spacial score (nSPS) is 24.0. The van der Waals surface area contributed by atoms with E-state index < -0.39 is 11.1 Å². The van der Waals surface area contributed by atoms with Crippen LogP contribution in [0.2, 0.25) is 0 Å². The number of nitrogens with one attached hydrogen (secondary N) is 1. The van der Waals surface area contributed by atoms with Gasteiger partial charge in [-0.25, -0.2) is 4.39 Å². The molecule has 2 fully saturated rings. The molecule has 0 radical (unpaired) electrons. The average Bonchev–Trinajstić information content (AvgIpc) is 2.96. The van der Waals surface area contributed by atoms with Gasteiger partial charge in [0, 0.05) is 37.5 Å². The van der Waals surface area contributed by atoms with E-state index >= 15 is 0 Å². The smallest absolute Gasteiger partial charge is 0.222 e. The predicted octanol–water partition coefficient (Wildman–Crippen LogP) is 2.82. The third kappa shape index (κ3) is 5.36. The SMILES string of the molecule is CC(C)(O)C#Cc1ccc(CN2C[C@@H](c3cccc(F)c3)[C@@]3(COCCC(=O)N3)C2)cc1. The van der Waals surface area contributed by atoms with E-state index in [4.69, 9.17) is 4.74 Å². The number of amides is 1. The molecule has 6 heteroatoms. The minimum Gasteiger partial charge on any atom is -0.378 e. The number of carbonyl (C=O) groups excluding carboxylic acids is 1. The van der Waals surface area contributed by atoms with Crippen LogP contribution in [0.25, 0.3) is 0 Å². The minimum absolute atomic E-state index is 0.0273. The van der Waals surface area contributed by atoms with Crippen molar-refractivity contribution in [3.8, 4) is 11.8 Å². The predicted molar refractivity (Wildman–Crippen MR) is 120 cm³/mol. The molecule has 0 unspecified atom stereocenters. The van der Waals surface area contributed by atoms with Crippen LogP contribution in [0.1, 0.15) is 42.9 Å². The number of ether oxygens (including phenoxy) is 1. The first kappa shape index (κ1) is 22.5. The molecule has 2 aliphatic heterocycles. The van der Waals surface area contributed by atoms with Crippen molar-refractivity contribution in [2.24, 2.45) is 0 Å². The molecule has 32 heavy (non-hydrogen) atoms. The highest BCUT2D eigenvalue weighted by atomic mass is 19.1. The van der Waals surface area contributed by atoms with Crippen molar-refractivity contribution in [1.82, 2.24) is 10.2 Å². The van der Waals surface area contributed by atoms with Gasteiger partial charge in [0.2, 0.25) is 5.91 Å². The summed E-state index contributed by atoms with van der Waals surface area (Å²) in [4.78, 5) is 14.7. The van der Waals surface area contributed by atoms with E-state index in [2.05, 4.69) is 22.1 Å². The van der Waals surface area contributed by atoms with Gasteiger partial charge in [0.25, 0.3) is 0 Å². The standard InChI is InChI=1S/C26H29FN2O3/c1-25(2,31)12-10-19-6-8-20(9-7-19)15-29-16-23(21-4-3-5-22(27)14-21)26(17-29)18-32-13-11-24(30)28-26/h3-9,14,23,31H,11,13,15-18H2,1-2H3,(H,28,30)/t23-,26-/m0/s1. The molecule has 0 saturated carbocycles. The number of rotatable bonds is 3. The van der Waals surface area contributed by atoms with Crippen molar-refractivity contribution in [1.29, 1.82) is 0 Å². The molecular formula is C26H29FN2O3. The first-order valence-electron chi connectivity index (χ1n) is 10.9. The third-order valence-corrected chi connectivity index (χ3v) is 5.96. The Labute approximate surface area is 188 Å². The summed E-state index contributed by atoms with van der Waals surface area (Å²) in [6.45, 7) is 6.12. The Morgan fingerprint density at radius 2 is 2.06 bits per heavy atom. The maximum Gasteiger partial charge on any atom is 0.222 e. The monoisotopic (exact) mass is 436 g/mol. The molecule has 2 aliphatic rings. The van der Waals surface area contributed by atoms with Gasteiger partial charge in [0.05, 0.1) is 18.8 Å². The second kappa shape index (κ2) is 9.03. The van der Waals surface area contributed by atoms with Gasteiger partial charge in [-0.2, -0.15) is 0 Å². The molecule has 2 heterocycles. The summed E-state index contributed by atoms with van der Waals surface area (Å²) < 4.78 is 19.8. The van der Waals surface area contributed by atoms with Gasteiger partial charge in [0.1, 0.15) is 11.4 Å². The van der Waals surface area contributed by atoms with Gasteiger partial charge in [-0.1, -0.05) is 36.1 Å². The molecule has 2 aromatic rings. The van der Waals surface area contributed by atoms with Crippen LogP contribution in [-0.2, 0) is 16.1 Å². The van der Waals surface area contributed by atoms with Crippen molar-refractivity contribution < 1.29 is 19.0 Å². The van der Waals surface area contributed by atoms with E-state index in [1.807, 2.05) is 30.3 Å². The van der Waals surface area contributed by atoms with Gasteiger partial charge in [-0.3, -0.25) is 9.69 Å². The lowest BCUT2D eigenvalue weighted by Gasteiger charge is -2.34. The van der Waals surface area contributed by atoms with Crippen LogP contribution < -0.4 is 5.32 Å². The number of nitrogens with zero attached hydrogens (tertiary/aromatic N) is 1. The minimum atomic E-state index is -1.03. The van der Waals surface area contributed by atoms with E-state index in [-0.39, 0.29) is 17.6 Å².